The van der Waals surface area contributed by atoms with Crippen molar-refractivity contribution in [2.24, 2.45) is 0 Å². The lowest BCUT2D eigenvalue weighted by molar-refractivity contribution is -0.132. The molecule has 2 aromatic rings. The molecular weight excluding hydrogens is 294 g/mol. The van der Waals surface area contributed by atoms with Crippen LogP contribution < -0.4 is 10.5 Å². The van der Waals surface area contributed by atoms with E-state index in [1.165, 1.54) is 12.2 Å². The van der Waals surface area contributed by atoms with Gasteiger partial charge in [-0.25, -0.2) is 4.85 Å². The third-order valence-corrected chi connectivity index (χ3v) is 3.24. The molecule has 0 atom stereocenters. The van der Waals surface area contributed by atoms with Crippen molar-refractivity contribution >= 4 is 28.6 Å². The lowest BCUT2D eigenvalue weighted by atomic mass is 10.1. The molecule has 23 heavy (non-hydrogen) atoms. The van der Waals surface area contributed by atoms with Gasteiger partial charge in [-0.3, -0.25) is 9.59 Å². The van der Waals surface area contributed by atoms with Crippen LogP contribution in [-0.4, -0.2) is 30.2 Å². The summed E-state index contributed by atoms with van der Waals surface area (Å²) in [6.07, 6.45) is 4.02. The molecule has 0 saturated heterocycles. The molecule has 0 unspecified atom stereocenters. The zero-order chi connectivity index (χ0) is 17.0. The highest BCUT2D eigenvalue weighted by Gasteiger charge is 2.05. The molecule has 1 aromatic carbocycles. The van der Waals surface area contributed by atoms with Gasteiger partial charge >= 0.3 is 5.97 Å². The first kappa shape index (κ1) is 16.0. The summed E-state index contributed by atoms with van der Waals surface area (Å²) in [5.41, 5.74) is 1.40. The maximum Gasteiger partial charge on any atom is 0.333 e. The number of carboxylic acid groups (broad SMARTS) is 1. The number of aliphatic carboxylic acids is 1. The van der Waals surface area contributed by atoms with Crippen LogP contribution >= 0.6 is 0 Å². The highest BCUT2D eigenvalue weighted by atomic mass is 16.4. The predicted molar refractivity (Wildman–Crippen MR) is 90.3 cm³/mol. The summed E-state index contributed by atoms with van der Waals surface area (Å²) in [6, 6.07) is 7.44. The Kier molecular flexibility index (Phi) is 4.62. The molecule has 0 aliphatic carbocycles. The van der Waals surface area contributed by atoms with Crippen molar-refractivity contribution in [3.63, 3.8) is 0 Å². The number of nitrogens with zero attached hydrogens (tertiary/aromatic N) is 2. The van der Waals surface area contributed by atoms with Crippen LogP contribution in [0.1, 0.15) is 5.56 Å². The van der Waals surface area contributed by atoms with Crippen molar-refractivity contribution in [3.8, 4) is 0 Å². The third kappa shape index (κ3) is 3.66. The fourth-order valence-electron chi connectivity index (χ4n) is 2.01. The van der Waals surface area contributed by atoms with Gasteiger partial charge in [0.25, 0.3) is 11.3 Å². The number of benzene rings is 1. The highest BCUT2D eigenvalue weighted by molar-refractivity contribution is 5.89. The van der Waals surface area contributed by atoms with Crippen LogP contribution in [0.15, 0.2) is 46.9 Å². The van der Waals surface area contributed by atoms with Crippen LogP contribution in [0.2, 0.25) is 0 Å². The Balaban J connectivity index is 2.42. The number of nitrogens with one attached hydrogen (secondary N) is 1. The molecule has 0 fully saturated rings. The summed E-state index contributed by atoms with van der Waals surface area (Å²) in [5, 5.41) is 9.61. The number of carboxylic acids is 1. The summed E-state index contributed by atoms with van der Waals surface area (Å²) >= 11 is 0. The zero-order valence-electron chi connectivity index (χ0n) is 12.7. The number of H-pyrrole nitrogens is 1. The standard InChI is InChI=1S/C17H15N3O3/c1-18-14(17(22)23)6-4-5-12-9-11-7-8-13(20(2)3)10-15(11)19-16(12)21/h4-10H,2-3H3,(H,19,21)(H,22,23)/b5-4+,14-6-. The Morgan fingerprint density at radius 1 is 1.35 bits per heavy atom. The summed E-state index contributed by atoms with van der Waals surface area (Å²) in [5.74, 6) is -1.30. The lowest BCUT2D eigenvalue weighted by Crippen LogP contribution is -2.11. The van der Waals surface area contributed by atoms with Gasteiger partial charge in [0.05, 0.1) is 12.1 Å². The van der Waals surface area contributed by atoms with E-state index in [9.17, 15) is 9.59 Å². The maximum absolute atomic E-state index is 12.1. The van der Waals surface area contributed by atoms with Crippen molar-refractivity contribution in [2.45, 2.75) is 0 Å². The number of fused-ring (bicyclic) bond motifs is 1. The number of aromatic nitrogens is 1. The first-order chi connectivity index (χ1) is 10.9. The second-order valence-corrected chi connectivity index (χ2v) is 5.05. The first-order valence-corrected chi connectivity index (χ1v) is 6.76. The number of anilines is 1. The molecule has 0 amide bonds. The van der Waals surface area contributed by atoms with Crippen molar-refractivity contribution in [1.82, 2.24) is 4.98 Å². The quantitative estimate of drug-likeness (QED) is 0.517. The molecular formula is C17H15N3O3. The van der Waals surface area contributed by atoms with Gasteiger partial charge in [-0.15, -0.1) is 0 Å². The number of carbonyl (C=O) groups is 1. The van der Waals surface area contributed by atoms with Gasteiger partial charge in [0, 0.05) is 25.3 Å². The van der Waals surface area contributed by atoms with E-state index in [0.29, 0.717) is 5.56 Å². The minimum Gasteiger partial charge on any atom is -0.486 e. The summed E-state index contributed by atoms with van der Waals surface area (Å²) in [6.45, 7) is 6.75. The van der Waals surface area contributed by atoms with E-state index in [4.69, 9.17) is 11.7 Å². The van der Waals surface area contributed by atoms with Crippen LogP contribution in [0.4, 0.5) is 5.69 Å². The fourth-order valence-corrected chi connectivity index (χ4v) is 2.01. The van der Waals surface area contributed by atoms with Crippen LogP contribution in [0.5, 0.6) is 0 Å². The van der Waals surface area contributed by atoms with E-state index in [2.05, 4.69) is 9.83 Å². The van der Waals surface area contributed by atoms with E-state index in [1.54, 1.807) is 6.07 Å². The van der Waals surface area contributed by atoms with Gasteiger partial charge in [-0.2, -0.15) is 0 Å². The Labute approximate surface area is 132 Å². The summed E-state index contributed by atoms with van der Waals surface area (Å²) in [4.78, 5) is 30.4. The average molecular weight is 309 g/mol. The molecule has 0 aliphatic rings. The van der Waals surface area contributed by atoms with E-state index in [1.807, 2.05) is 37.2 Å². The van der Waals surface area contributed by atoms with E-state index >= 15 is 0 Å². The molecule has 6 heteroatoms. The Morgan fingerprint density at radius 2 is 2.09 bits per heavy atom. The third-order valence-electron chi connectivity index (χ3n) is 3.24. The molecule has 0 saturated carbocycles. The number of hydrogen-bond donors (Lipinski definition) is 2. The SMILES string of the molecule is [C-]#[N+]/C(=C\C=C\c1cc2ccc(N(C)C)cc2[nH]c1=O)C(=O)O. The molecule has 1 aromatic heterocycles. The van der Waals surface area contributed by atoms with Gasteiger partial charge in [0.15, 0.2) is 0 Å². The minimum absolute atomic E-state index is 0.280. The van der Waals surface area contributed by atoms with Gasteiger partial charge in [-0.05, 0) is 29.7 Å². The van der Waals surface area contributed by atoms with Crippen LogP contribution in [0, 0.1) is 6.57 Å². The number of rotatable bonds is 4. The number of pyridine rings is 1. The second kappa shape index (κ2) is 6.62. The van der Waals surface area contributed by atoms with Crippen LogP contribution in [0.25, 0.3) is 21.8 Å². The van der Waals surface area contributed by atoms with Gasteiger partial charge in [0.2, 0.25) is 0 Å². The average Bonchev–Trinajstić information content (AvgIpc) is 2.50. The smallest absolute Gasteiger partial charge is 0.333 e. The fraction of sp³-hybridized carbons (Fsp3) is 0.118. The monoisotopic (exact) mass is 309 g/mol. The first-order valence-electron chi connectivity index (χ1n) is 6.76. The second-order valence-electron chi connectivity index (χ2n) is 5.05. The normalized spacial score (nSPS) is 11.6. The molecule has 0 radical (unpaired) electrons. The summed E-state index contributed by atoms with van der Waals surface area (Å²) in [7, 11) is 3.83. The largest absolute Gasteiger partial charge is 0.486 e. The predicted octanol–water partition coefficient (Wildman–Crippen LogP) is 2.50. The highest BCUT2D eigenvalue weighted by Crippen LogP contribution is 2.19. The van der Waals surface area contributed by atoms with E-state index < -0.39 is 11.7 Å². The Hall–Kier alpha value is -3.33. The van der Waals surface area contributed by atoms with Gasteiger partial charge < -0.3 is 15.0 Å². The molecule has 2 N–H and O–H groups in total. The number of hydrogen-bond acceptors (Lipinski definition) is 3. The maximum atomic E-state index is 12.1. The van der Waals surface area contributed by atoms with Crippen molar-refractivity contribution in [2.75, 3.05) is 19.0 Å². The summed E-state index contributed by atoms with van der Waals surface area (Å²) < 4.78 is 0. The molecule has 0 bridgehead atoms. The van der Waals surface area contributed by atoms with Gasteiger partial charge in [0.1, 0.15) is 0 Å². The topological polar surface area (TPSA) is 77.8 Å². The van der Waals surface area contributed by atoms with E-state index in [0.717, 1.165) is 22.7 Å². The van der Waals surface area contributed by atoms with Crippen LogP contribution in [0.3, 0.4) is 0 Å². The van der Waals surface area contributed by atoms with Crippen molar-refractivity contribution < 1.29 is 9.90 Å². The molecule has 116 valence electrons. The molecule has 1 heterocycles. The Bertz CT molecular complexity index is 915. The molecule has 0 spiro atoms. The molecule has 6 nitrogen and oxygen atoms in total. The zero-order valence-corrected chi connectivity index (χ0v) is 12.7. The van der Waals surface area contributed by atoms with Crippen molar-refractivity contribution in [3.05, 3.63) is 69.4 Å². The Morgan fingerprint density at radius 3 is 2.70 bits per heavy atom. The molecule has 2 rings (SSSR count). The number of aromatic amines is 1. The number of allylic oxidation sites excluding steroid dienone is 2. The molecule has 0 aliphatic heterocycles. The van der Waals surface area contributed by atoms with E-state index in [-0.39, 0.29) is 5.56 Å². The van der Waals surface area contributed by atoms with Crippen LogP contribution in [-0.2, 0) is 4.79 Å². The van der Waals surface area contributed by atoms with Gasteiger partial charge in [-0.1, -0.05) is 18.2 Å². The minimum atomic E-state index is -1.30. The van der Waals surface area contributed by atoms with Crippen molar-refractivity contribution in [1.29, 1.82) is 0 Å². The lowest BCUT2D eigenvalue weighted by Gasteiger charge is -2.12.